The molecule has 0 nitrogen and oxygen atoms in total. The Morgan fingerprint density at radius 3 is 3.00 bits per heavy atom. The third kappa shape index (κ3) is 1.11. The monoisotopic (exact) mass is 193 g/mol. The van der Waals surface area contributed by atoms with Crippen LogP contribution >= 0.6 is 0 Å². The van der Waals surface area contributed by atoms with E-state index in [4.69, 9.17) is 0 Å². The maximum absolute atomic E-state index is 2.32. The number of hydrogen-bond acceptors (Lipinski definition) is 0. The summed E-state index contributed by atoms with van der Waals surface area (Å²) >= 11 is -0.217. The molecule has 0 atom stereocenters. The third-order valence-electron chi connectivity index (χ3n) is 1.83. The van der Waals surface area contributed by atoms with Crippen LogP contribution in [0.25, 0.3) is 0 Å². The van der Waals surface area contributed by atoms with Crippen molar-refractivity contribution in [3.63, 3.8) is 0 Å². The molecule has 0 fully saturated rings. The first kappa shape index (κ1) is 6.06. The first-order chi connectivity index (χ1) is 4.47. The molecule has 1 aromatic rings. The molecule has 0 saturated heterocycles. The van der Waals surface area contributed by atoms with Gasteiger partial charge in [-0.15, -0.1) is 0 Å². The van der Waals surface area contributed by atoms with E-state index in [9.17, 15) is 0 Å². The normalized spacial score (nSPS) is 13.8. The molecule has 2 rings (SSSR count). The second kappa shape index (κ2) is 2.52. The molecule has 0 N–H and O–H groups in total. The fourth-order valence-electron chi connectivity index (χ4n) is 1.34. The predicted octanol–water partition coefficient (Wildman–Crippen LogP) is 1.37. The number of benzene rings is 1. The van der Waals surface area contributed by atoms with Gasteiger partial charge in [-0.3, -0.25) is 0 Å². The van der Waals surface area contributed by atoms with Crippen molar-refractivity contribution in [3.8, 4) is 0 Å². The Labute approximate surface area is 70.7 Å². The molecule has 0 saturated carbocycles. The van der Waals surface area contributed by atoms with Gasteiger partial charge in [0.15, 0.2) is 0 Å². The Kier molecular flexibility index (Phi) is 1.69. The average Bonchev–Trinajstić information content (AvgIpc) is 2.33. The zero-order valence-electron chi connectivity index (χ0n) is 5.30. The molecule has 1 heteroatoms. The standard InChI is InChI=1S/C8H8.Y/c1-2-8-6-4-3-5-7-8;/h3-6H,1-2H2;. The van der Waals surface area contributed by atoms with Crippen molar-refractivity contribution < 1.29 is 29.2 Å². The second-order valence-corrected chi connectivity index (χ2v) is 6.39. The quantitative estimate of drug-likeness (QED) is 0.583. The van der Waals surface area contributed by atoms with Gasteiger partial charge in [0.25, 0.3) is 0 Å². The Hall–Kier alpha value is 0.324. The summed E-state index contributed by atoms with van der Waals surface area (Å²) in [7, 11) is 0. The molecule has 0 aromatic heterocycles. The minimum atomic E-state index is -0.217. The number of fused-ring (bicyclic) bond motifs is 1. The van der Waals surface area contributed by atoms with Crippen LogP contribution in [0.4, 0.5) is 0 Å². The van der Waals surface area contributed by atoms with Crippen LogP contribution in [0, 0.1) is 0 Å². The summed E-state index contributed by atoms with van der Waals surface area (Å²) < 4.78 is 3.31. The summed E-state index contributed by atoms with van der Waals surface area (Å²) in [5.41, 5.74) is 1.65. The molecule has 9 heavy (non-hydrogen) atoms. The second-order valence-electron chi connectivity index (χ2n) is 2.44. The van der Waals surface area contributed by atoms with Crippen molar-refractivity contribution >= 4 is 2.37 Å². The Balaban J connectivity index is 2.54. The van der Waals surface area contributed by atoms with Crippen LogP contribution < -0.4 is 2.37 Å². The third-order valence-corrected chi connectivity index (χ3v) is 5.72. The van der Waals surface area contributed by atoms with E-state index in [2.05, 4.69) is 24.3 Å². The summed E-state index contributed by atoms with van der Waals surface area (Å²) in [6.45, 7) is 0. The SMILES string of the molecule is c1cc[c]2c(c1)C[CH2][Y]2. The van der Waals surface area contributed by atoms with Gasteiger partial charge in [0.1, 0.15) is 0 Å². The molecular weight excluding hydrogens is 185 g/mol. The van der Waals surface area contributed by atoms with Crippen LogP contribution in [-0.4, -0.2) is 0 Å². The van der Waals surface area contributed by atoms with E-state index in [1.807, 2.05) is 0 Å². The predicted molar refractivity (Wildman–Crippen MR) is 34.6 cm³/mol. The van der Waals surface area contributed by atoms with E-state index < -0.39 is 0 Å². The molecule has 1 aliphatic heterocycles. The summed E-state index contributed by atoms with van der Waals surface area (Å²) in [5.74, 6) is 0. The first-order valence-corrected chi connectivity index (χ1v) is 6.80. The molecular formula is C8H8Y. The topological polar surface area (TPSA) is 0 Å². The summed E-state index contributed by atoms with van der Waals surface area (Å²) in [4.78, 5) is 0. The van der Waals surface area contributed by atoms with Crippen molar-refractivity contribution in [3.05, 3.63) is 29.8 Å². The summed E-state index contributed by atoms with van der Waals surface area (Å²) in [6.07, 6.45) is 1.39. The van der Waals surface area contributed by atoms with Crippen molar-refractivity contribution in [2.75, 3.05) is 0 Å². The zero-order valence-corrected chi connectivity index (χ0v) is 8.14. The van der Waals surface area contributed by atoms with Crippen LogP contribution in [0.3, 0.4) is 0 Å². The van der Waals surface area contributed by atoms with E-state index >= 15 is 0 Å². The van der Waals surface area contributed by atoms with Gasteiger partial charge >= 0.3 is 71.1 Å². The summed E-state index contributed by atoms with van der Waals surface area (Å²) in [6, 6.07) is 8.94. The number of rotatable bonds is 0. The van der Waals surface area contributed by atoms with Crippen molar-refractivity contribution in [1.82, 2.24) is 0 Å². The number of hydrogen-bond donors (Lipinski definition) is 0. The van der Waals surface area contributed by atoms with Crippen LogP contribution in [0.15, 0.2) is 24.3 Å². The van der Waals surface area contributed by atoms with Gasteiger partial charge in [0.05, 0.1) is 0 Å². The summed E-state index contributed by atoms with van der Waals surface area (Å²) in [5, 5.41) is 0. The van der Waals surface area contributed by atoms with Crippen molar-refractivity contribution in [1.29, 1.82) is 0 Å². The van der Waals surface area contributed by atoms with Gasteiger partial charge in [0, 0.05) is 0 Å². The van der Waals surface area contributed by atoms with Gasteiger partial charge in [0.2, 0.25) is 0 Å². The molecule has 0 unspecified atom stereocenters. The number of aryl methyl sites for hydroxylation is 1. The van der Waals surface area contributed by atoms with E-state index in [1.165, 1.54) is 6.42 Å². The molecule has 1 aliphatic rings. The molecule has 1 heterocycles. The fourth-order valence-corrected chi connectivity index (χ4v) is 5.07. The molecule has 0 bridgehead atoms. The maximum atomic E-state index is 2.32. The molecule has 0 spiro atoms. The average molecular weight is 193 g/mol. The molecule has 1 aromatic carbocycles. The Morgan fingerprint density at radius 2 is 2.11 bits per heavy atom. The van der Waals surface area contributed by atoms with E-state index in [0.717, 1.165) is 0 Å². The van der Waals surface area contributed by atoms with E-state index in [0.29, 0.717) is 0 Å². The van der Waals surface area contributed by atoms with Crippen LogP contribution in [0.2, 0.25) is 3.23 Å². The minimum absolute atomic E-state index is 0.217. The molecule has 0 amide bonds. The van der Waals surface area contributed by atoms with Gasteiger partial charge in [-0.05, 0) is 0 Å². The van der Waals surface area contributed by atoms with Gasteiger partial charge in [-0.2, -0.15) is 0 Å². The van der Waals surface area contributed by atoms with Crippen molar-refractivity contribution in [2.45, 2.75) is 9.65 Å². The Bertz CT molecular complexity index is 195. The van der Waals surface area contributed by atoms with Crippen molar-refractivity contribution in [2.24, 2.45) is 0 Å². The molecule has 0 radical (unpaired) electrons. The van der Waals surface area contributed by atoms with Crippen LogP contribution in [0.1, 0.15) is 5.56 Å². The van der Waals surface area contributed by atoms with Crippen LogP contribution in [0.5, 0.6) is 0 Å². The first-order valence-electron chi connectivity index (χ1n) is 3.38. The molecule has 0 aliphatic carbocycles. The zero-order chi connectivity index (χ0) is 6.10. The fraction of sp³-hybridized carbons (Fsp3) is 0.250. The van der Waals surface area contributed by atoms with E-state index in [1.54, 1.807) is 11.2 Å². The van der Waals surface area contributed by atoms with Crippen LogP contribution in [-0.2, 0) is 35.6 Å². The van der Waals surface area contributed by atoms with E-state index in [-0.39, 0.29) is 29.2 Å². The molecule has 43 valence electrons. The van der Waals surface area contributed by atoms with Gasteiger partial charge in [-0.25, -0.2) is 0 Å². The van der Waals surface area contributed by atoms with Gasteiger partial charge < -0.3 is 0 Å². The van der Waals surface area contributed by atoms with Gasteiger partial charge in [-0.1, -0.05) is 0 Å². The Morgan fingerprint density at radius 1 is 1.22 bits per heavy atom.